The van der Waals surface area contributed by atoms with E-state index in [9.17, 15) is 9.90 Å². The van der Waals surface area contributed by atoms with Gasteiger partial charge in [-0.2, -0.15) is 0 Å². The molecular weight excluding hydrogens is 563 g/mol. The molecule has 2 saturated heterocycles. The Balaban J connectivity index is 1.10. The summed E-state index contributed by atoms with van der Waals surface area (Å²) in [5, 5.41) is 10.0. The van der Waals surface area contributed by atoms with Crippen molar-refractivity contribution in [3.63, 3.8) is 0 Å². The van der Waals surface area contributed by atoms with Gasteiger partial charge in [-0.05, 0) is 55.7 Å². The van der Waals surface area contributed by atoms with Gasteiger partial charge in [0, 0.05) is 38.4 Å². The van der Waals surface area contributed by atoms with Crippen LogP contribution in [-0.2, 0) is 29.3 Å². The Hall–Kier alpha value is -3.73. The van der Waals surface area contributed by atoms with Crippen molar-refractivity contribution in [2.45, 2.75) is 56.8 Å². The third-order valence-corrected chi connectivity index (χ3v) is 8.75. The predicted octanol–water partition coefficient (Wildman–Crippen LogP) is 5.68. The summed E-state index contributed by atoms with van der Waals surface area (Å²) in [6.45, 7) is 4.64. The van der Waals surface area contributed by atoms with Crippen LogP contribution in [0, 0.1) is 0 Å². The third-order valence-electron chi connectivity index (χ3n) is 8.52. The maximum absolute atomic E-state index is 16.7. The number of aromatic nitrogens is 3. The van der Waals surface area contributed by atoms with Crippen LogP contribution in [0.15, 0.2) is 54.7 Å². The maximum Gasteiger partial charge on any atom is 0.335 e. The van der Waals surface area contributed by atoms with Crippen molar-refractivity contribution < 1.29 is 28.5 Å². The van der Waals surface area contributed by atoms with Gasteiger partial charge in [0.1, 0.15) is 17.2 Å². The first-order valence-electron chi connectivity index (χ1n) is 14.1. The molecule has 3 aliphatic heterocycles. The van der Waals surface area contributed by atoms with Gasteiger partial charge in [-0.25, -0.2) is 14.2 Å². The minimum absolute atomic E-state index is 0.0747. The second-order valence-electron chi connectivity index (χ2n) is 11.3. The highest BCUT2D eigenvalue weighted by Gasteiger charge is 2.46. The van der Waals surface area contributed by atoms with Gasteiger partial charge in [0.05, 0.1) is 40.8 Å². The molecule has 0 saturated carbocycles. The van der Waals surface area contributed by atoms with Crippen LogP contribution in [-0.4, -0.2) is 56.3 Å². The van der Waals surface area contributed by atoms with Gasteiger partial charge >= 0.3 is 5.97 Å². The van der Waals surface area contributed by atoms with Crippen molar-refractivity contribution in [3.05, 3.63) is 82.4 Å². The average molecular weight is 593 g/mol. The number of carboxylic acids is 1. The first-order chi connectivity index (χ1) is 20.2. The van der Waals surface area contributed by atoms with Gasteiger partial charge in [-0.15, -0.1) is 0 Å². The van der Waals surface area contributed by atoms with E-state index in [0.717, 1.165) is 29.9 Å². The van der Waals surface area contributed by atoms with E-state index in [2.05, 4.69) is 14.5 Å². The second kappa shape index (κ2) is 10.2. The van der Waals surface area contributed by atoms with Gasteiger partial charge in [0.25, 0.3) is 5.79 Å². The molecule has 42 heavy (non-hydrogen) atoms. The fourth-order valence-corrected chi connectivity index (χ4v) is 6.14. The van der Waals surface area contributed by atoms with Crippen molar-refractivity contribution in [2.24, 2.45) is 0 Å². The highest BCUT2D eigenvalue weighted by Crippen LogP contribution is 2.51. The zero-order chi connectivity index (χ0) is 29.1. The minimum atomic E-state index is -1.60. The van der Waals surface area contributed by atoms with Gasteiger partial charge in [0.15, 0.2) is 11.5 Å². The lowest BCUT2D eigenvalue weighted by Gasteiger charge is -2.37. The van der Waals surface area contributed by atoms with Gasteiger partial charge in [-0.3, -0.25) is 9.88 Å². The summed E-state index contributed by atoms with van der Waals surface area (Å²) < 4.78 is 36.8. The Morgan fingerprint density at radius 3 is 2.67 bits per heavy atom. The van der Waals surface area contributed by atoms with Crippen LogP contribution in [0.3, 0.4) is 0 Å². The van der Waals surface area contributed by atoms with Crippen LogP contribution < -0.4 is 9.47 Å². The molecule has 1 N–H and O–H groups in total. The largest absolute Gasteiger partial charge is 0.478 e. The molecule has 0 unspecified atom stereocenters. The zero-order valence-electron chi connectivity index (χ0n) is 23.1. The second-order valence-corrected chi connectivity index (χ2v) is 11.8. The lowest BCUT2D eigenvalue weighted by atomic mass is 9.85. The number of hydrogen-bond acceptors (Lipinski definition) is 7. The molecule has 218 valence electrons. The zero-order valence-corrected chi connectivity index (χ0v) is 23.8. The lowest BCUT2D eigenvalue weighted by Crippen LogP contribution is -2.41. The van der Waals surface area contributed by atoms with Gasteiger partial charge in [0.2, 0.25) is 0 Å². The number of nitrogens with zero attached hydrogens (tertiary/aromatic N) is 4. The number of alkyl halides is 1. The Morgan fingerprint density at radius 2 is 1.98 bits per heavy atom. The minimum Gasteiger partial charge on any atom is -0.478 e. The number of carbonyl (C=O) groups is 1. The topological polar surface area (TPSA) is 98.9 Å². The number of fused-ring (bicyclic) bond motifs is 2. The molecule has 0 amide bonds. The standard InChI is InChI=1S/C31H30ClFN4O5/c1-30(26-8-6-20(32)16-34-26)41-25-4-2-3-22(28(25)42-30)31(33)10-12-36(13-11-31)18-27-35-23-7-5-19(29(38)39)15-24(23)37(27)17-21-9-14-40-21/h2-8,15-16,21H,9-14,17-18H2,1H3,(H,38,39)/t21-,30+/m0/s1. The van der Waals surface area contributed by atoms with Crippen LogP contribution in [0.2, 0.25) is 5.02 Å². The molecule has 7 rings (SSSR count). The van der Waals surface area contributed by atoms with E-state index in [0.29, 0.717) is 54.0 Å². The number of benzene rings is 2. The first kappa shape index (κ1) is 27.1. The third kappa shape index (κ3) is 4.77. The Morgan fingerprint density at radius 1 is 1.17 bits per heavy atom. The number of rotatable bonds is 7. The van der Waals surface area contributed by atoms with E-state index >= 15 is 4.39 Å². The number of ether oxygens (including phenoxy) is 3. The molecule has 11 heteroatoms. The van der Waals surface area contributed by atoms with Crippen LogP contribution in [0.5, 0.6) is 11.5 Å². The molecule has 2 aromatic heterocycles. The average Bonchev–Trinajstić information content (AvgIpc) is 3.48. The molecule has 5 heterocycles. The number of carboxylic acid groups (broad SMARTS) is 1. The molecule has 3 aliphatic rings. The number of aromatic carboxylic acids is 1. The summed E-state index contributed by atoms with van der Waals surface area (Å²) in [5.41, 5.74) is 1.15. The summed E-state index contributed by atoms with van der Waals surface area (Å²) in [7, 11) is 0. The van der Waals surface area contributed by atoms with E-state index in [1.54, 1.807) is 55.5 Å². The van der Waals surface area contributed by atoms with Crippen LogP contribution in [0.25, 0.3) is 11.0 Å². The molecule has 2 fully saturated rings. The summed E-state index contributed by atoms with van der Waals surface area (Å²) in [6, 6.07) is 13.8. The van der Waals surface area contributed by atoms with E-state index < -0.39 is 17.4 Å². The fraction of sp³-hybridized carbons (Fsp3) is 0.387. The molecular formula is C31H30ClFN4O5. The molecule has 0 spiro atoms. The van der Waals surface area contributed by atoms with Crippen molar-refractivity contribution in [2.75, 3.05) is 19.7 Å². The van der Waals surface area contributed by atoms with Crippen molar-refractivity contribution in [1.29, 1.82) is 0 Å². The number of halogens is 2. The normalized spacial score (nSPS) is 23.2. The number of pyridine rings is 1. The first-order valence-corrected chi connectivity index (χ1v) is 14.5. The van der Waals surface area contributed by atoms with Crippen molar-refractivity contribution in [3.8, 4) is 11.5 Å². The number of hydrogen-bond donors (Lipinski definition) is 1. The summed E-state index contributed by atoms with van der Waals surface area (Å²) in [5.74, 6) is -0.460. The highest BCUT2D eigenvalue weighted by molar-refractivity contribution is 6.30. The fourth-order valence-electron chi connectivity index (χ4n) is 6.03. The Labute approximate surface area is 246 Å². The van der Waals surface area contributed by atoms with Gasteiger partial charge < -0.3 is 23.9 Å². The SMILES string of the molecule is C[C@@]1(c2ccc(Cl)cn2)Oc2cccc(C3(F)CCN(Cc4nc5ccc(C(=O)O)cc5n4C[C@@H]4CCO4)CC3)c2O1. The number of likely N-dealkylation sites (tertiary alicyclic amines) is 1. The molecule has 4 aromatic rings. The molecule has 9 nitrogen and oxygen atoms in total. The van der Waals surface area contributed by atoms with Crippen LogP contribution >= 0.6 is 11.6 Å². The number of imidazole rings is 1. The van der Waals surface area contributed by atoms with E-state index in [-0.39, 0.29) is 24.5 Å². The summed E-state index contributed by atoms with van der Waals surface area (Å²) in [6.07, 6.45) is 3.11. The van der Waals surface area contributed by atoms with Crippen LogP contribution in [0.4, 0.5) is 4.39 Å². The predicted molar refractivity (Wildman–Crippen MR) is 153 cm³/mol. The molecule has 0 radical (unpaired) electrons. The lowest BCUT2D eigenvalue weighted by molar-refractivity contribution is -0.0733. The number of para-hydroxylation sites is 1. The smallest absolute Gasteiger partial charge is 0.335 e. The highest BCUT2D eigenvalue weighted by atomic mass is 35.5. The summed E-state index contributed by atoms with van der Waals surface area (Å²) in [4.78, 5) is 23.0. The van der Waals surface area contributed by atoms with Gasteiger partial charge in [-0.1, -0.05) is 23.7 Å². The maximum atomic E-state index is 16.7. The van der Waals surface area contributed by atoms with E-state index in [1.807, 2.05) is 0 Å². The summed E-state index contributed by atoms with van der Waals surface area (Å²) >= 11 is 6.01. The monoisotopic (exact) mass is 592 g/mol. The molecule has 0 aliphatic carbocycles. The van der Waals surface area contributed by atoms with E-state index in [4.69, 9.17) is 30.8 Å². The quantitative estimate of drug-likeness (QED) is 0.293. The van der Waals surface area contributed by atoms with E-state index in [1.165, 1.54) is 6.20 Å². The number of piperidine rings is 1. The Kier molecular flexibility index (Phi) is 6.60. The molecule has 2 atom stereocenters. The Bertz CT molecular complexity index is 1670. The van der Waals surface area contributed by atoms with Crippen molar-refractivity contribution in [1.82, 2.24) is 19.4 Å². The molecule has 0 bridgehead atoms. The van der Waals surface area contributed by atoms with Crippen LogP contribution in [0.1, 0.15) is 53.6 Å². The molecule has 2 aromatic carbocycles. The van der Waals surface area contributed by atoms with Crippen molar-refractivity contribution >= 4 is 28.6 Å².